The number of aromatic amines is 1. The van der Waals surface area contributed by atoms with Crippen molar-refractivity contribution in [3.8, 4) is 28.5 Å². The van der Waals surface area contributed by atoms with Crippen molar-refractivity contribution in [2.75, 3.05) is 19.1 Å². The molecule has 2 N–H and O–H groups in total. The van der Waals surface area contributed by atoms with Crippen LogP contribution < -0.4 is 14.4 Å². The van der Waals surface area contributed by atoms with Gasteiger partial charge >= 0.3 is 0 Å². The topological polar surface area (TPSA) is 101 Å². The second-order valence-electron chi connectivity index (χ2n) is 6.91. The van der Waals surface area contributed by atoms with Crippen molar-refractivity contribution in [2.45, 2.75) is 6.42 Å². The van der Waals surface area contributed by atoms with Gasteiger partial charge in [0.2, 0.25) is 11.7 Å². The molecule has 30 heavy (non-hydrogen) atoms. The largest absolute Gasteiger partial charge is 0.502 e. The van der Waals surface area contributed by atoms with Crippen LogP contribution in [0.3, 0.4) is 0 Å². The van der Waals surface area contributed by atoms with Gasteiger partial charge in [-0.05, 0) is 36.4 Å². The van der Waals surface area contributed by atoms with Gasteiger partial charge in [0.25, 0.3) is 0 Å². The number of nitrogens with zero attached hydrogens (tertiary/aromatic N) is 3. The molecule has 8 heteroatoms. The lowest BCUT2D eigenvalue weighted by molar-refractivity contribution is -0.116. The van der Waals surface area contributed by atoms with Crippen molar-refractivity contribution in [1.29, 1.82) is 0 Å². The third-order valence-electron chi connectivity index (χ3n) is 5.18. The summed E-state index contributed by atoms with van der Waals surface area (Å²) in [5.41, 5.74) is 3.53. The summed E-state index contributed by atoms with van der Waals surface area (Å²) in [6.07, 6.45) is 3.66. The number of aromatic hydroxyl groups is 1. The van der Waals surface area contributed by atoms with E-state index in [1.165, 1.54) is 14.2 Å². The van der Waals surface area contributed by atoms with E-state index in [1.807, 2.05) is 30.5 Å². The fraction of sp³-hybridized carbons (Fsp3) is 0.136. The summed E-state index contributed by atoms with van der Waals surface area (Å²) in [6, 6.07) is 11.0. The number of carbonyl (C=O) groups is 1. The summed E-state index contributed by atoms with van der Waals surface area (Å²) in [7, 11) is 2.93. The molecule has 1 aliphatic heterocycles. The van der Waals surface area contributed by atoms with Crippen LogP contribution in [0, 0.1) is 0 Å². The first-order valence-corrected chi connectivity index (χ1v) is 9.30. The zero-order chi connectivity index (χ0) is 20.8. The van der Waals surface area contributed by atoms with Gasteiger partial charge in [-0.15, -0.1) is 0 Å². The normalized spacial score (nSPS) is 13.0. The van der Waals surface area contributed by atoms with E-state index in [2.05, 4.69) is 9.97 Å². The second kappa shape index (κ2) is 6.77. The molecule has 0 saturated carbocycles. The van der Waals surface area contributed by atoms with Crippen molar-refractivity contribution in [3.05, 3.63) is 54.5 Å². The lowest BCUT2D eigenvalue weighted by Crippen LogP contribution is -2.21. The molecule has 0 aliphatic carbocycles. The molecule has 4 aromatic rings. The number of rotatable bonds is 4. The summed E-state index contributed by atoms with van der Waals surface area (Å²) in [5.74, 6) is 0.848. The second-order valence-corrected chi connectivity index (χ2v) is 6.91. The fourth-order valence-electron chi connectivity index (χ4n) is 3.67. The van der Waals surface area contributed by atoms with E-state index in [0.29, 0.717) is 22.8 Å². The highest BCUT2D eigenvalue weighted by atomic mass is 16.5. The van der Waals surface area contributed by atoms with Crippen molar-refractivity contribution in [2.24, 2.45) is 0 Å². The van der Waals surface area contributed by atoms with Gasteiger partial charge in [-0.2, -0.15) is 0 Å². The molecule has 2 aromatic heterocycles. The van der Waals surface area contributed by atoms with Gasteiger partial charge in [-0.3, -0.25) is 14.7 Å². The minimum atomic E-state index is -0.0884. The molecule has 0 fully saturated rings. The number of anilines is 2. The molecule has 8 nitrogen and oxygen atoms in total. The molecule has 0 atom stereocenters. The van der Waals surface area contributed by atoms with E-state index in [4.69, 9.17) is 14.5 Å². The van der Waals surface area contributed by atoms with E-state index >= 15 is 0 Å². The van der Waals surface area contributed by atoms with Crippen LogP contribution in [0.15, 0.2) is 48.8 Å². The summed E-state index contributed by atoms with van der Waals surface area (Å²) in [6.45, 7) is 0. The zero-order valence-corrected chi connectivity index (χ0v) is 16.3. The fourth-order valence-corrected chi connectivity index (χ4v) is 3.67. The van der Waals surface area contributed by atoms with Gasteiger partial charge < -0.3 is 19.6 Å². The molecule has 150 valence electrons. The summed E-state index contributed by atoms with van der Waals surface area (Å²) >= 11 is 0. The quantitative estimate of drug-likeness (QED) is 0.541. The number of hydrogen-bond acceptors (Lipinski definition) is 6. The van der Waals surface area contributed by atoms with Gasteiger partial charge in [0.05, 0.1) is 43.9 Å². The van der Waals surface area contributed by atoms with Gasteiger partial charge in [-0.25, -0.2) is 4.98 Å². The van der Waals surface area contributed by atoms with Gasteiger partial charge in [0.1, 0.15) is 0 Å². The van der Waals surface area contributed by atoms with Crippen molar-refractivity contribution >= 4 is 28.3 Å². The average Bonchev–Trinajstić information content (AvgIpc) is 3.36. The Morgan fingerprint density at radius 1 is 1.10 bits per heavy atom. The highest BCUT2D eigenvalue weighted by molar-refractivity contribution is 6.07. The van der Waals surface area contributed by atoms with E-state index in [9.17, 15) is 9.90 Å². The third-order valence-corrected chi connectivity index (χ3v) is 5.18. The molecule has 2 aromatic carbocycles. The molecule has 0 saturated heterocycles. The number of hydrogen-bond donors (Lipinski definition) is 2. The van der Waals surface area contributed by atoms with Crippen LogP contribution in [0.5, 0.6) is 17.2 Å². The Balaban J connectivity index is 1.62. The average molecular weight is 402 g/mol. The third kappa shape index (κ3) is 2.73. The maximum atomic E-state index is 12.8. The van der Waals surface area contributed by atoms with Crippen molar-refractivity contribution < 1.29 is 19.4 Å². The summed E-state index contributed by atoms with van der Waals surface area (Å²) in [5, 5.41) is 11.2. The number of benzene rings is 2. The number of aromatic nitrogens is 3. The smallest absolute Gasteiger partial charge is 0.238 e. The molecular weight excluding hydrogens is 384 g/mol. The van der Waals surface area contributed by atoms with Gasteiger partial charge in [0, 0.05) is 22.7 Å². The van der Waals surface area contributed by atoms with Crippen LogP contribution in [0.4, 0.5) is 11.5 Å². The van der Waals surface area contributed by atoms with E-state index < -0.39 is 0 Å². The first kappa shape index (κ1) is 18.0. The van der Waals surface area contributed by atoms with Gasteiger partial charge in [-0.1, -0.05) is 0 Å². The van der Waals surface area contributed by atoms with Crippen LogP contribution in [-0.4, -0.2) is 40.2 Å². The minimum absolute atomic E-state index is 0.0853. The predicted molar refractivity (Wildman–Crippen MR) is 111 cm³/mol. The number of methoxy groups -OCH3 is 2. The predicted octanol–water partition coefficient (Wildman–Crippen LogP) is 3.57. The van der Waals surface area contributed by atoms with Gasteiger partial charge in [0.15, 0.2) is 17.3 Å². The number of H-pyrrole nitrogens is 1. The maximum Gasteiger partial charge on any atom is 0.238 e. The highest BCUT2D eigenvalue weighted by Gasteiger charge is 2.32. The highest BCUT2D eigenvalue weighted by Crippen LogP contribution is 2.41. The Bertz CT molecular complexity index is 1270. The SMILES string of the molecule is COc1cc(-c2cnc3c(n2)N(c2ccc4[nH]ccc4c2)C(=O)C3)cc(OC)c1O. The Morgan fingerprint density at radius 2 is 1.87 bits per heavy atom. The molecule has 0 unspecified atom stereocenters. The minimum Gasteiger partial charge on any atom is -0.502 e. The number of phenolic OH excluding ortho intramolecular Hbond substituents is 1. The van der Waals surface area contributed by atoms with Crippen LogP contribution in [0.2, 0.25) is 0 Å². The van der Waals surface area contributed by atoms with Crippen LogP contribution in [0.25, 0.3) is 22.2 Å². The first-order chi connectivity index (χ1) is 14.6. The molecule has 0 radical (unpaired) electrons. The van der Waals surface area contributed by atoms with E-state index in [0.717, 1.165) is 16.6 Å². The lowest BCUT2D eigenvalue weighted by atomic mass is 10.1. The van der Waals surface area contributed by atoms with Crippen LogP contribution in [0.1, 0.15) is 5.69 Å². The first-order valence-electron chi connectivity index (χ1n) is 9.30. The number of fused-ring (bicyclic) bond motifs is 2. The van der Waals surface area contributed by atoms with Crippen molar-refractivity contribution in [1.82, 2.24) is 15.0 Å². The Labute approximate surface area is 171 Å². The summed E-state index contributed by atoms with van der Waals surface area (Å²) < 4.78 is 10.5. The van der Waals surface area contributed by atoms with Crippen LogP contribution >= 0.6 is 0 Å². The number of nitrogens with one attached hydrogen (secondary N) is 1. The maximum absolute atomic E-state index is 12.8. The molecule has 0 bridgehead atoms. The van der Waals surface area contributed by atoms with Crippen LogP contribution in [-0.2, 0) is 11.2 Å². The summed E-state index contributed by atoms with van der Waals surface area (Å²) in [4.78, 5) is 26.7. The molecule has 3 heterocycles. The molecule has 1 aliphatic rings. The number of amides is 1. The monoisotopic (exact) mass is 402 g/mol. The van der Waals surface area contributed by atoms with Crippen molar-refractivity contribution in [3.63, 3.8) is 0 Å². The molecule has 0 spiro atoms. The molecule has 5 rings (SSSR count). The van der Waals surface area contributed by atoms with E-state index in [-0.39, 0.29) is 29.6 Å². The zero-order valence-electron chi connectivity index (χ0n) is 16.3. The number of ether oxygens (including phenoxy) is 2. The Hall–Kier alpha value is -4.07. The van der Waals surface area contributed by atoms with E-state index in [1.54, 1.807) is 23.2 Å². The standard InChI is InChI=1S/C22H18N4O4/c1-29-18-8-13(9-19(30-2)21(18)28)17-11-24-16-10-20(27)26(22(16)25-17)14-3-4-15-12(7-14)5-6-23-15/h3-9,11,23,28H,10H2,1-2H3. The lowest BCUT2D eigenvalue weighted by Gasteiger charge is -2.17. The number of carbonyl (C=O) groups excluding carboxylic acids is 1. The molecular formula is C22H18N4O4. The Morgan fingerprint density at radius 3 is 2.60 bits per heavy atom. The molecule has 1 amide bonds. The Kier molecular flexibility index (Phi) is 4.06. The number of phenols is 1.